The molecule has 0 radical (unpaired) electrons. The zero-order valence-electron chi connectivity index (χ0n) is 13.8. The fourth-order valence-electron chi connectivity index (χ4n) is 2.61. The van der Waals surface area contributed by atoms with Crippen molar-refractivity contribution in [1.29, 1.82) is 0 Å². The van der Waals surface area contributed by atoms with Gasteiger partial charge in [-0.1, -0.05) is 28.1 Å². The number of rotatable bonds is 5. The second-order valence-corrected chi connectivity index (χ2v) is 7.99. The van der Waals surface area contributed by atoms with Gasteiger partial charge in [-0.25, -0.2) is 4.98 Å². The molecular weight excluding hydrogens is 499 g/mol. The molecule has 0 saturated heterocycles. The van der Waals surface area contributed by atoms with Gasteiger partial charge in [-0.15, -0.1) is 35.3 Å². The third-order valence-corrected chi connectivity index (χ3v) is 5.44. The van der Waals surface area contributed by atoms with Crippen molar-refractivity contribution in [1.82, 2.24) is 15.6 Å². The number of guanidine groups is 1. The van der Waals surface area contributed by atoms with E-state index in [4.69, 9.17) is 0 Å². The fourth-order valence-corrected chi connectivity index (χ4v) is 3.66. The average Bonchev–Trinajstić information content (AvgIpc) is 3.19. The molecule has 2 atom stereocenters. The van der Waals surface area contributed by atoms with E-state index in [0.29, 0.717) is 12.0 Å². The van der Waals surface area contributed by atoms with Crippen LogP contribution in [0.4, 0.5) is 0 Å². The number of halogens is 2. The lowest BCUT2D eigenvalue weighted by Gasteiger charge is -2.11. The van der Waals surface area contributed by atoms with Gasteiger partial charge in [0.15, 0.2) is 5.96 Å². The molecule has 130 valence electrons. The Hall–Kier alpha value is -0.670. The molecule has 2 N–H and O–H groups in total. The predicted molar refractivity (Wildman–Crippen MR) is 116 cm³/mol. The lowest BCUT2D eigenvalue weighted by molar-refractivity contribution is 0.778. The molecule has 0 bridgehead atoms. The summed E-state index contributed by atoms with van der Waals surface area (Å²) >= 11 is 5.24. The maximum absolute atomic E-state index is 4.38. The van der Waals surface area contributed by atoms with Crippen LogP contribution < -0.4 is 10.6 Å². The van der Waals surface area contributed by atoms with E-state index in [1.807, 2.05) is 13.2 Å². The van der Waals surface area contributed by atoms with E-state index in [0.717, 1.165) is 29.8 Å². The molecule has 0 spiro atoms. The Morgan fingerprint density at radius 2 is 2.12 bits per heavy atom. The van der Waals surface area contributed by atoms with Crippen LogP contribution in [0.3, 0.4) is 0 Å². The molecule has 0 amide bonds. The lowest BCUT2D eigenvalue weighted by atomic mass is 10.1. The Labute approximate surface area is 172 Å². The highest BCUT2D eigenvalue weighted by molar-refractivity contribution is 14.0. The Kier molecular flexibility index (Phi) is 7.49. The minimum Gasteiger partial charge on any atom is -0.356 e. The summed E-state index contributed by atoms with van der Waals surface area (Å²) in [5.74, 6) is 1.46. The number of aryl methyl sites for hydroxylation is 1. The van der Waals surface area contributed by atoms with Gasteiger partial charge in [-0.05, 0) is 31.0 Å². The first kappa shape index (κ1) is 19.7. The van der Waals surface area contributed by atoms with Crippen LogP contribution >= 0.6 is 51.2 Å². The zero-order valence-corrected chi connectivity index (χ0v) is 18.5. The van der Waals surface area contributed by atoms with Gasteiger partial charge in [0.05, 0.1) is 5.01 Å². The number of thiazole rings is 1. The Morgan fingerprint density at radius 3 is 2.75 bits per heavy atom. The van der Waals surface area contributed by atoms with Gasteiger partial charge >= 0.3 is 0 Å². The minimum atomic E-state index is 0. The molecule has 1 aromatic carbocycles. The number of hydrogen-bond acceptors (Lipinski definition) is 3. The molecule has 7 heteroatoms. The van der Waals surface area contributed by atoms with Gasteiger partial charge in [0.1, 0.15) is 0 Å². The highest BCUT2D eigenvalue weighted by Crippen LogP contribution is 2.40. The van der Waals surface area contributed by atoms with Crippen LogP contribution in [-0.2, 0) is 6.42 Å². The van der Waals surface area contributed by atoms with Crippen molar-refractivity contribution >= 4 is 57.2 Å². The Bertz CT molecular complexity index is 686. The molecule has 1 aliphatic carbocycles. The zero-order chi connectivity index (χ0) is 16.2. The molecule has 2 unspecified atom stereocenters. The van der Waals surface area contributed by atoms with E-state index in [1.54, 1.807) is 11.3 Å². The SMILES string of the molecule is CN=C(NCCc1ncc(C)s1)NC1CC1c1ccc(Br)cc1.I. The summed E-state index contributed by atoms with van der Waals surface area (Å²) in [5.41, 5.74) is 1.39. The average molecular weight is 521 g/mol. The number of nitrogens with zero attached hydrogens (tertiary/aromatic N) is 2. The summed E-state index contributed by atoms with van der Waals surface area (Å²) in [5, 5.41) is 8.05. The van der Waals surface area contributed by atoms with Crippen LogP contribution in [0.15, 0.2) is 39.9 Å². The largest absolute Gasteiger partial charge is 0.356 e. The number of aliphatic imine (C=N–C) groups is 1. The van der Waals surface area contributed by atoms with E-state index in [2.05, 4.69) is 67.7 Å². The second kappa shape index (κ2) is 9.15. The Balaban J connectivity index is 0.00000208. The van der Waals surface area contributed by atoms with Gasteiger partial charge in [-0.3, -0.25) is 4.99 Å². The number of hydrogen-bond donors (Lipinski definition) is 2. The first-order valence-corrected chi connectivity index (χ1v) is 9.40. The highest BCUT2D eigenvalue weighted by atomic mass is 127. The van der Waals surface area contributed by atoms with Gasteiger partial charge in [0, 0.05) is 47.5 Å². The normalized spacial score (nSPS) is 19.5. The van der Waals surface area contributed by atoms with Crippen molar-refractivity contribution in [3.63, 3.8) is 0 Å². The standard InChI is InChI=1S/C17H21BrN4S.HI/c1-11-10-21-16(23-11)7-8-20-17(19-2)22-15-9-14(15)12-3-5-13(18)6-4-12;/h3-6,10,14-15H,7-9H2,1-2H3,(H2,19,20,22);1H. The maximum Gasteiger partial charge on any atom is 0.191 e. The minimum absolute atomic E-state index is 0. The van der Waals surface area contributed by atoms with E-state index in [-0.39, 0.29) is 24.0 Å². The summed E-state index contributed by atoms with van der Waals surface area (Å²) < 4.78 is 1.13. The molecule has 1 heterocycles. The van der Waals surface area contributed by atoms with E-state index < -0.39 is 0 Å². The topological polar surface area (TPSA) is 49.3 Å². The third kappa shape index (κ3) is 5.42. The number of benzene rings is 1. The highest BCUT2D eigenvalue weighted by Gasteiger charge is 2.38. The molecule has 4 nitrogen and oxygen atoms in total. The van der Waals surface area contributed by atoms with Crippen LogP contribution in [0.5, 0.6) is 0 Å². The monoisotopic (exact) mass is 520 g/mol. The maximum atomic E-state index is 4.38. The predicted octanol–water partition coefficient (Wildman–Crippen LogP) is 4.10. The smallest absolute Gasteiger partial charge is 0.191 e. The molecule has 1 fully saturated rings. The van der Waals surface area contributed by atoms with Crippen LogP contribution in [-0.4, -0.2) is 30.6 Å². The molecule has 1 saturated carbocycles. The van der Waals surface area contributed by atoms with Gasteiger partial charge in [0.25, 0.3) is 0 Å². The van der Waals surface area contributed by atoms with Gasteiger partial charge in [0.2, 0.25) is 0 Å². The molecule has 0 aliphatic heterocycles. The van der Waals surface area contributed by atoms with Crippen LogP contribution in [0.2, 0.25) is 0 Å². The van der Waals surface area contributed by atoms with Crippen molar-refractivity contribution in [2.24, 2.45) is 4.99 Å². The second-order valence-electron chi connectivity index (χ2n) is 5.76. The van der Waals surface area contributed by atoms with Crippen molar-refractivity contribution in [3.05, 3.63) is 50.4 Å². The van der Waals surface area contributed by atoms with Crippen LogP contribution in [0.25, 0.3) is 0 Å². The first-order chi connectivity index (χ1) is 11.2. The number of nitrogens with one attached hydrogen (secondary N) is 2. The van der Waals surface area contributed by atoms with Crippen molar-refractivity contribution < 1.29 is 0 Å². The Morgan fingerprint density at radius 1 is 1.38 bits per heavy atom. The molecule has 3 rings (SSSR count). The molecule has 1 aromatic heterocycles. The van der Waals surface area contributed by atoms with Crippen LogP contribution in [0.1, 0.15) is 27.8 Å². The third-order valence-electron chi connectivity index (χ3n) is 3.93. The van der Waals surface area contributed by atoms with E-state index in [1.165, 1.54) is 15.4 Å². The van der Waals surface area contributed by atoms with Crippen LogP contribution in [0, 0.1) is 6.92 Å². The molecule has 1 aliphatic rings. The number of aromatic nitrogens is 1. The summed E-state index contributed by atoms with van der Waals surface area (Å²) in [6, 6.07) is 9.07. The quantitative estimate of drug-likeness (QED) is 0.354. The lowest BCUT2D eigenvalue weighted by Crippen LogP contribution is -2.39. The molecule has 24 heavy (non-hydrogen) atoms. The summed E-state index contributed by atoms with van der Waals surface area (Å²) in [6.07, 6.45) is 4.02. The van der Waals surface area contributed by atoms with Gasteiger partial charge in [-0.2, -0.15) is 0 Å². The van der Waals surface area contributed by atoms with E-state index in [9.17, 15) is 0 Å². The first-order valence-electron chi connectivity index (χ1n) is 7.79. The summed E-state index contributed by atoms with van der Waals surface area (Å²) in [7, 11) is 1.82. The molecular formula is C17H22BrIN4S. The molecule has 2 aromatic rings. The van der Waals surface area contributed by atoms with Gasteiger partial charge < -0.3 is 10.6 Å². The van der Waals surface area contributed by atoms with E-state index >= 15 is 0 Å². The summed E-state index contributed by atoms with van der Waals surface area (Å²) in [6.45, 7) is 2.94. The summed E-state index contributed by atoms with van der Waals surface area (Å²) in [4.78, 5) is 9.96. The van der Waals surface area contributed by atoms with Crippen molar-refractivity contribution in [2.45, 2.75) is 31.7 Å². The van der Waals surface area contributed by atoms with Crippen molar-refractivity contribution in [2.75, 3.05) is 13.6 Å². The van der Waals surface area contributed by atoms with Crippen molar-refractivity contribution in [3.8, 4) is 0 Å². The fraction of sp³-hybridized carbons (Fsp3) is 0.412.